The second-order valence-corrected chi connectivity index (χ2v) is 7.31. The molecule has 0 spiro atoms. The molecule has 0 saturated heterocycles. The Morgan fingerprint density at radius 2 is 1.71 bits per heavy atom. The third-order valence-corrected chi connectivity index (χ3v) is 5.16. The summed E-state index contributed by atoms with van der Waals surface area (Å²) in [4.78, 5) is 27.2. The Labute approximate surface area is 168 Å². The van der Waals surface area contributed by atoms with E-state index < -0.39 is 5.91 Å². The summed E-state index contributed by atoms with van der Waals surface area (Å²) >= 11 is 1.62. The van der Waals surface area contributed by atoms with E-state index in [1.807, 2.05) is 47.8 Å². The van der Waals surface area contributed by atoms with Crippen molar-refractivity contribution in [1.29, 1.82) is 0 Å². The highest BCUT2D eigenvalue weighted by atomic mass is 32.1. The summed E-state index contributed by atoms with van der Waals surface area (Å²) in [6.07, 6.45) is 0.760. The zero-order chi connectivity index (χ0) is 19.8. The SMILES string of the molecule is NC(=O)c1ccccc1OCC(=O)N(CCc1ccccc1)Cc1cccs1. The van der Waals surface area contributed by atoms with Crippen LogP contribution in [0.4, 0.5) is 0 Å². The van der Waals surface area contributed by atoms with Gasteiger partial charge in [0.15, 0.2) is 6.61 Å². The molecular formula is C22H22N2O3S. The third kappa shape index (κ3) is 5.44. The van der Waals surface area contributed by atoms with Gasteiger partial charge in [0.25, 0.3) is 11.8 Å². The molecule has 0 radical (unpaired) electrons. The number of hydrogen-bond acceptors (Lipinski definition) is 4. The van der Waals surface area contributed by atoms with E-state index in [4.69, 9.17) is 10.5 Å². The fourth-order valence-corrected chi connectivity index (χ4v) is 3.54. The van der Waals surface area contributed by atoms with Gasteiger partial charge in [-0.25, -0.2) is 0 Å². The first-order valence-corrected chi connectivity index (χ1v) is 9.87. The van der Waals surface area contributed by atoms with Crippen molar-refractivity contribution >= 4 is 23.2 Å². The average Bonchev–Trinajstić information content (AvgIpc) is 3.23. The summed E-state index contributed by atoms with van der Waals surface area (Å²) in [6, 6.07) is 20.7. The van der Waals surface area contributed by atoms with E-state index in [0.29, 0.717) is 18.8 Å². The molecular weight excluding hydrogens is 372 g/mol. The van der Waals surface area contributed by atoms with Gasteiger partial charge in [0, 0.05) is 11.4 Å². The predicted molar refractivity (Wildman–Crippen MR) is 110 cm³/mol. The van der Waals surface area contributed by atoms with E-state index in [1.54, 1.807) is 40.5 Å². The molecule has 28 heavy (non-hydrogen) atoms. The maximum absolute atomic E-state index is 12.8. The average molecular weight is 394 g/mol. The van der Waals surface area contributed by atoms with Crippen LogP contribution in [0.1, 0.15) is 20.8 Å². The first-order valence-electron chi connectivity index (χ1n) is 8.99. The van der Waals surface area contributed by atoms with Gasteiger partial charge in [0.1, 0.15) is 5.75 Å². The lowest BCUT2D eigenvalue weighted by atomic mass is 10.1. The topological polar surface area (TPSA) is 72.6 Å². The van der Waals surface area contributed by atoms with E-state index >= 15 is 0 Å². The van der Waals surface area contributed by atoms with Crippen LogP contribution in [0, 0.1) is 0 Å². The molecule has 0 aliphatic heterocycles. The van der Waals surface area contributed by atoms with Gasteiger partial charge >= 0.3 is 0 Å². The quantitative estimate of drug-likeness (QED) is 0.604. The highest BCUT2D eigenvalue weighted by Gasteiger charge is 2.17. The Bertz CT molecular complexity index is 911. The van der Waals surface area contributed by atoms with E-state index in [-0.39, 0.29) is 18.1 Å². The van der Waals surface area contributed by atoms with E-state index in [0.717, 1.165) is 11.3 Å². The molecule has 0 unspecified atom stereocenters. The van der Waals surface area contributed by atoms with Gasteiger partial charge in [-0.15, -0.1) is 11.3 Å². The van der Waals surface area contributed by atoms with Crippen LogP contribution in [-0.2, 0) is 17.8 Å². The van der Waals surface area contributed by atoms with Crippen LogP contribution in [0.2, 0.25) is 0 Å². The molecule has 0 atom stereocenters. The first-order chi connectivity index (χ1) is 13.6. The predicted octanol–water partition coefficient (Wildman–Crippen LogP) is 3.50. The largest absolute Gasteiger partial charge is 0.483 e. The normalized spacial score (nSPS) is 10.4. The van der Waals surface area contributed by atoms with Crippen LogP contribution in [0.25, 0.3) is 0 Å². The van der Waals surface area contributed by atoms with Gasteiger partial charge in [-0.1, -0.05) is 48.5 Å². The Balaban J connectivity index is 1.66. The molecule has 2 N–H and O–H groups in total. The van der Waals surface area contributed by atoms with Crippen molar-refractivity contribution in [1.82, 2.24) is 4.90 Å². The molecule has 2 aromatic carbocycles. The zero-order valence-corrected chi connectivity index (χ0v) is 16.2. The molecule has 5 nitrogen and oxygen atoms in total. The van der Waals surface area contributed by atoms with E-state index in [9.17, 15) is 9.59 Å². The van der Waals surface area contributed by atoms with Crippen LogP contribution in [0.5, 0.6) is 5.75 Å². The van der Waals surface area contributed by atoms with Gasteiger partial charge in [-0.2, -0.15) is 0 Å². The van der Waals surface area contributed by atoms with Crippen molar-refractivity contribution < 1.29 is 14.3 Å². The minimum Gasteiger partial charge on any atom is -0.483 e. The van der Waals surface area contributed by atoms with E-state index in [1.165, 1.54) is 5.56 Å². The number of carbonyl (C=O) groups is 2. The van der Waals surface area contributed by atoms with Crippen molar-refractivity contribution in [3.05, 3.63) is 88.1 Å². The molecule has 6 heteroatoms. The second kappa shape index (κ2) is 9.71. The van der Waals surface area contributed by atoms with Crippen molar-refractivity contribution in [2.45, 2.75) is 13.0 Å². The van der Waals surface area contributed by atoms with Gasteiger partial charge in [0.2, 0.25) is 0 Å². The number of primary amides is 1. The van der Waals surface area contributed by atoms with Crippen LogP contribution in [0.3, 0.4) is 0 Å². The molecule has 0 bridgehead atoms. The van der Waals surface area contributed by atoms with Crippen LogP contribution >= 0.6 is 11.3 Å². The van der Waals surface area contributed by atoms with Gasteiger partial charge in [-0.05, 0) is 35.6 Å². The molecule has 1 aromatic heterocycles. The van der Waals surface area contributed by atoms with E-state index in [2.05, 4.69) is 0 Å². The molecule has 1 heterocycles. The maximum Gasteiger partial charge on any atom is 0.260 e. The number of nitrogens with two attached hydrogens (primary N) is 1. The molecule has 0 aliphatic carbocycles. The Kier molecular flexibility index (Phi) is 6.81. The molecule has 144 valence electrons. The van der Waals surface area contributed by atoms with Crippen molar-refractivity contribution in [2.24, 2.45) is 5.73 Å². The molecule has 2 amide bonds. The van der Waals surface area contributed by atoms with Crippen LogP contribution in [-0.4, -0.2) is 29.9 Å². The molecule has 3 rings (SSSR count). The zero-order valence-electron chi connectivity index (χ0n) is 15.4. The number of nitrogens with zero attached hydrogens (tertiary/aromatic N) is 1. The number of ether oxygens (including phenoxy) is 1. The lowest BCUT2D eigenvalue weighted by molar-refractivity contribution is -0.133. The fourth-order valence-electron chi connectivity index (χ4n) is 2.82. The summed E-state index contributed by atoms with van der Waals surface area (Å²) in [6.45, 7) is 0.968. The number of benzene rings is 2. The number of hydrogen-bond donors (Lipinski definition) is 1. The first kappa shape index (κ1) is 19.6. The molecule has 0 saturated carbocycles. The van der Waals surface area contributed by atoms with Gasteiger partial charge in [0.05, 0.1) is 12.1 Å². The summed E-state index contributed by atoms with van der Waals surface area (Å²) in [5.74, 6) is -0.395. The number of rotatable bonds is 9. The van der Waals surface area contributed by atoms with Crippen LogP contribution < -0.4 is 10.5 Å². The third-order valence-electron chi connectivity index (χ3n) is 4.30. The summed E-state index contributed by atoms with van der Waals surface area (Å²) in [7, 11) is 0. The van der Waals surface area contributed by atoms with Crippen LogP contribution in [0.15, 0.2) is 72.1 Å². The Morgan fingerprint density at radius 3 is 2.43 bits per heavy atom. The van der Waals surface area contributed by atoms with Crippen molar-refractivity contribution in [3.8, 4) is 5.75 Å². The van der Waals surface area contributed by atoms with Crippen molar-refractivity contribution in [3.63, 3.8) is 0 Å². The Morgan fingerprint density at radius 1 is 0.964 bits per heavy atom. The number of amides is 2. The summed E-state index contributed by atoms with van der Waals surface area (Å²) in [5, 5.41) is 1.99. The molecule has 0 aliphatic rings. The molecule has 0 fully saturated rings. The molecule has 3 aromatic rings. The van der Waals surface area contributed by atoms with Crippen molar-refractivity contribution in [2.75, 3.05) is 13.2 Å². The minimum absolute atomic E-state index is 0.136. The minimum atomic E-state index is -0.581. The smallest absolute Gasteiger partial charge is 0.260 e. The van der Waals surface area contributed by atoms with Gasteiger partial charge in [-0.3, -0.25) is 9.59 Å². The highest BCUT2D eigenvalue weighted by molar-refractivity contribution is 7.09. The summed E-state index contributed by atoms with van der Waals surface area (Å²) < 4.78 is 5.62. The monoisotopic (exact) mass is 394 g/mol. The summed E-state index contributed by atoms with van der Waals surface area (Å²) in [5.41, 5.74) is 6.81. The lowest BCUT2D eigenvalue weighted by Gasteiger charge is -2.22. The standard InChI is InChI=1S/C22H22N2O3S/c23-22(26)19-10-4-5-11-20(19)27-16-21(25)24(15-18-9-6-14-28-18)13-12-17-7-2-1-3-8-17/h1-11,14H,12-13,15-16H2,(H2,23,26). The second-order valence-electron chi connectivity index (χ2n) is 6.28. The maximum atomic E-state index is 12.8. The fraction of sp³-hybridized carbons (Fsp3) is 0.182. The Hall–Kier alpha value is -3.12. The number of carbonyl (C=O) groups excluding carboxylic acids is 2. The lowest BCUT2D eigenvalue weighted by Crippen LogP contribution is -2.36. The number of para-hydroxylation sites is 1. The number of thiophene rings is 1. The highest BCUT2D eigenvalue weighted by Crippen LogP contribution is 2.18. The van der Waals surface area contributed by atoms with Gasteiger partial charge < -0.3 is 15.4 Å².